The number of hydrogen-bond acceptors (Lipinski definition) is 3. The smallest absolute Gasteiger partial charge is 0.312 e. The van der Waals surface area contributed by atoms with Crippen LogP contribution in [0.15, 0.2) is 34.7 Å². The monoisotopic (exact) mass is 299 g/mol. The normalized spacial score (nSPS) is 16.6. The van der Waals surface area contributed by atoms with Crippen LogP contribution in [0.2, 0.25) is 0 Å². The number of furan rings is 1. The maximum absolute atomic E-state index is 12.7. The number of rotatable bonds is 3. The summed E-state index contributed by atoms with van der Waals surface area (Å²) in [5, 5.41) is 9.36. The number of fused-ring (bicyclic) bond motifs is 1. The van der Waals surface area contributed by atoms with Crippen molar-refractivity contribution in [2.75, 3.05) is 11.4 Å². The number of aliphatic carboxylic acids is 1. The van der Waals surface area contributed by atoms with E-state index < -0.39 is 11.9 Å². The van der Waals surface area contributed by atoms with Gasteiger partial charge in [-0.1, -0.05) is 25.1 Å². The number of para-hydroxylation sites is 1. The molecule has 1 aliphatic heterocycles. The van der Waals surface area contributed by atoms with Crippen LogP contribution < -0.4 is 4.90 Å². The van der Waals surface area contributed by atoms with E-state index in [9.17, 15) is 14.7 Å². The van der Waals surface area contributed by atoms with Gasteiger partial charge in [0.1, 0.15) is 11.7 Å². The van der Waals surface area contributed by atoms with Crippen LogP contribution in [0, 0.1) is 6.92 Å². The van der Waals surface area contributed by atoms with Crippen LogP contribution in [0.1, 0.15) is 40.3 Å². The Hall–Kier alpha value is -2.56. The number of aryl methyl sites for hydroxylation is 2. The van der Waals surface area contributed by atoms with E-state index in [4.69, 9.17) is 4.42 Å². The number of hydrogen-bond donors (Lipinski definition) is 1. The van der Waals surface area contributed by atoms with Crippen LogP contribution in [-0.4, -0.2) is 23.5 Å². The number of carboxylic acid groups (broad SMARTS) is 1. The molecule has 1 aliphatic rings. The fourth-order valence-electron chi connectivity index (χ4n) is 2.92. The predicted octanol–water partition coefficient (Wildman–Crippen LogP) is 2.98. The first-order valence-corrected chi connectivity index (χ1v) is 7.25. The lowest BCUT2D eigenvalue weighted by molar-refractivity contribution is -0.138. The summed E-state index contributed by atoms with van der Waals surface area (Å²) in [6.07, 6.45) is 0.716. The Labute approximate surface area is 128 Å². The van der Waals surface area contributed by atoms with Crippen molar-refractivity contribution in [3.63, 3.8) is 0 Å². The SMILES string of the molecule is CCc1oc(C(=O)N2C[C@@H](C(=O)O)c3ccccc32)cc1C. The fraction of sp³-hybridized carbons (Fsp3) is 0.294. The average molecular weight is 299 g/mol. The number of benzene rings is 1. The number of carbonyl (C=O) groups is 2. The van der Waals surface area contributed by atoms with Crippen molar-refractivity contribution in [2.45, 2.75) is 26.2 Å². The Bertz CT molecular complexity index is 747. The second-order valence-electron chi connectivity index (χ2n) is 5.44. The van der Waals surface area contributed by atoms with Crippen LogP contribution in [0.25, 0.3) is 0 Å². The highest BCUT2D eigenvalue weighted by Crippen LogP contribution is 2.37. The summed E-state index contributed by atoms with van der Waals surface area (Å²) in [5.41, 5.74) is 2.25. The first-order valence-electron chi connectivity index (χ1n) is 7.25. The third kappa shape index (κ3) is 2.19. The van der Waals surface area contributed by atoms with Gasteiger partial charge in [0.2, 0.25) is 0 Å². The van der Waals surface area contributed by atoms with Crippen molar-refractivity contribution in [1.82, 2.24) is 0 Å². The van der Waals surface area contributed by atoms with Crippen LogP contribution in [0.5, 0.6) is 0 Å². The maximum Gasteiger partial charge on any atom is 0.312 e. The van der Waals surface area contributed by atoms with E-state index in [1.807, 2.05) is 13.8 Å². The quantitative estimate of drug-likeness (QED) is 0.945. The summed E-state index contributed by atoms with van der Waals surface area (Å²) in [7, 11) is 0. The molecule has 22 heavy (non-hydrogen) atoms. The zero-order valence-corrected chi connectivity index (χ0v) is 12.5. The molecule has 0 aliphatic carbocycles. The van der Waals surface area contributed by atoms with Gasteiger partial charge in [0.15, 0.2) is 5.76 Å². The third-order valence-corrected chi connectivity index (χ3v) is 4.06. The summed E-state index contributed by atoms with van der Waals surface area (Å²) in [6, 6.07) is 8.83. The van der Waals surface area contributed by atoms with Crippen LogP contribution in [0.3, 0.4) is 0 Å². The Balaban J connectivity index is 1.98. The molecule has 0 saturated carbocycles. The van der Waals surface area contributed by atoms with Crippen LogP contribution >= 0.6 is 0 Å². The predicted molar refractivity (Wildman–Crippen MR) is 81.3 cm³/mol. The molecule has 2 heterocycles. The maximum atomic E-state index is 12.7. The van der Waals surface area contributed by atoms with Crippen molar-refractivity contribution < 1.29 is 19.1 Å². The number of nitrogens with zero attached hydrogens (tertiary/aromatic N) is 1. The molecule has 1 amide bonds. The van der Waals surface area contributed by atoms with Gasteiger partial charge in [0.25, 0.3) is 5.91 Å². The van der Waals surface area contributed by atoms with Gasteiger partial charge in [0, 0.05) is 18.7 Å². The van der Waals surface area contributed by atoms with E-state index in [0.717, 1.165) is 11.3 Å². The van der Waals surface area contributed by atoms with E-state index in [2.05, 4.69) is 0 Å². The molecule has 2 aromatic rings. The van der Waals surface area contributed by atoms with Gasteiger partial charge in [-0.3, -0.25) is 9.59 Å². The lowest BCUT2D eigenvalue weighted by Crippen LogP contribution is -2.30. The second kappa shape index (κ2) is 5.33. The Morgan fingerprint density at radius 2 is 2.09 bits per heavy atom. The highest BCUT2D eigenvalue weighted by atomic mass is 16.4. The molecule has 0 radical (unpaired) electrons. The highest BCUT2D eigenvalue weighted by Gasteiger charge is 2.37. The number of anilines is 1. The first-order chi connectivity index (χ1) is 10.5. The Morgan fingerprint density at radius 3 is 2.73 bits per heavy atom. The van der Waals surface area contributed by atoms with Gasteiger partial charge in [-0.2, -0.15) is 0 Å². The van der Waals surface area contributed by atoms with Crippen LogP contribution in [-0.2, 0) is 11.2 Å². The van der Waals surface area contributed by atoms with E-state index in [1.165, 1.54) is 4.90 Å². The molecule has 5 heteroatoms. The first kappa shape index (κ1) is 14.4. The molecule has 1 atom stereocenters. The van der Waals surface area contributed by atoms with E-state index in [1.54, 1.807) is 30.3 Å². The van der Waals surface area contributed by atoms with Crippen molar-refractivity contribution in [2.24, 2.45) is 0 Å². The molecule has 0 spiro atoms. The Kier molecular flexibility index (Phi) is 3.48. The van der Waals surface area contributed by atoms with Gasteiger partial charge in [-0.15, -0.1) is 0 Å². The molecule has 3 rings (SSSR count). The second-order valence-corrected chi connectivity index (χ2v) is 5.44. The molecule has 114 valence electrons. The summed E-state index contributed by atoms with van der Waals surface area (Å²) in [6.45, 7) is 4.00. The molecule has 1 N–H and O–H groups in total. The fourth-order valence-corrected chi connectivity index (χ4v) is 2.92. The van der Waals surface area contributed by atoms with Gasteiger partial charge in [0.05, 0.1) is 0 Å². The van der Waals surface area contributed by atoms with Gasteiger partial charge >= 0.3 is 5.97 Å². The summed E-state index contributed by atoms with van der Waals surface area (Å²) >= 11 is 0. The third-order valence-electron chi connectivity index (χ3n) is 4.06. The topological polar surface area (TPSA) is 70.8 Å². The number of amides is 1. The lowest BCUT2D eigenvalue weighted by Gasteiger charge is -2.15. The van der Waals surface area contributed by atoms with Crippen molar-refractivity contribution in [1.29, 1.82) is 0 Å². The molecule has 0 fully saturated rings. The standard InChI is InChI=1S/C17H17NO4/c1-3-14-10(2)8-15(22-14)16(19)18-9-12(17(20)21)11-6-4-5-7-13(11)18/h4-8,12H,3,9H2,1-2H3,(H,20,21)/t12-/m1/s1. The number of carboxylic acids is 1. The average Bonchev–Trinajstić information content (AvgIpc) is 3.07. The van der Waals surface area contributed by atoms with Crippen molar-refractivity contribution >= 4 is 17.6 Å². The minimum atomic E-state index is -0.923. The molecule has 0 unspecified atom stereocenters. The van der Waals surface area contributed by atoms with E-state index in [0.29, 0.717) is 17.7 Å². The van der Waals surface area contributed by atoms with Gasteiger partial charge in [-0.25, -0.2) is 0 Å². The zero-order valence-electron chi connectivity index (χ0n) is 12.5. The molecular weight excluding hydrogens is 282 g/mol. The van der Waals surface area contributed by atoms with Crippen molar-refractivity contribution in [3.8, 4) is 0 Å². The van der Waals surface area contributed by atoms with Crippen molar-refractivity contribution in [3.05, 3.63) is 53.0 Å². The van der Waals surface area contributed by atoms with Crippen LogP contribution in [0.4, 0.5) is 5.69 Å². The minimum absolute atomic E-state index is 0.134. The minimum Gasteiger partial charge on any atom is -0.481 e. The zero-order chi connectivity index (χ0) is 15.9. The molecule has 1 aromatic carbocycles. The highest BCUT2D eigenvalue weighted by molar-refractivity contribution is 6.07. The van der Waals surface area contributed by atoms with E-state index >= 15 is 0 Å². The van der Waals surface area contributed by atoms with Gasteiger partial charge < -0.3 is 14.4 Å². The largest absolute Gasteiger partial charge is 0.481 e. The summed E-state index contributed by atoms with van der Waals surface area (Å²) in [5.74, 6) is -0.866. The number of carbonyl (C=O) groups excluding carboxylic acids is 1. The molecule has 0 saturated heterocycles. The molecular formula is C17H17NO4. The summed E-state index contributed by atoms with van der Waals surface area (Å²) < 4.78 is 5.61. The Morgan fingerprint density at radius 1 is 1.36 bits per heavy atom. The lowest BCUT2D eigenvalue weighted by atomic mass is 10.0. The van der Waals surface area contributed by atoms with E-state index in [-0.39, 0.29) is 18.2 Å². The molecule has 1 aromatic heterocycles. The summed E-state index contributed by atoms with van der Waals surface area (Å²) in [4.78, 5) is 25.6. The molecule has 5 nitrogen and oxygen atoms in total. The molecule has 0 bridgehead atoms. The van der Waals surface area contributed by atoms with Gasteiger partial charge in [-0.05, 0) is 30.2 Å².